The number of aromatic carboxylic acids is 1. The highest BCUT2D eigenvalue weighted by Crippen LogP contribution is 2.05. The summed E-state index contributed by atoms with van der Waals surface area (Å²) in [4.78, 5) is 14.5. The summed E-state index contributed by atoms with van der Waals surface area (Å²) in [7, 11) is 0. The van der Waals surface area contributed by atoms with Crippen LogP contribution in [-0.4, -0.2) is 20.5 Å². The number of carboxylic acid groups (broad SMARTS) is 1. The van der Waals surface area contributed by atoms with Crippen molar-refractivity contribution in [3.8, 4) is 0 Å². The molecule has 0 aliphatic rings. The van der Waals surface area contributed by atoms with E-state index >= 15 is 0 Å². The second-order valence-electron chi connectivity index (χ2n) is 2.40. The van der Waals surface area contributed by atoms with Gasteiger partial charge in [-0.2, -0.15) is 0 Å². The molecule has 4 nitrogen and oxygen atoms in total. The third-order valence-corrected chi connectivity index (χ3v) is 1.67. The van der Waals surface area contributed by atoms with Crippen LogP contribution in [-0.2, 0) is 0 Å². The average molecular weight is 162 g/mol. The number of hydrogen-bond donors (Lipinski definition) is 1. The molecule has 60 valence electrons. The second-order valence-corrected chi connectivity index (χ2v) is 2.40. The fraction of sp³-hybridized carbons (Fsp3) is 0. The van der Waals surface area contributed by atoms with E-state index in [0.29, 0.717) is 0 Å². The van der Waals surface area contributed by atoms with Crippen LogP contribution in [0.5, 0.6) is 0 Å². The number of imidazole rings is 1. The maximum atomic E-state index is 10.7. The van der Waals surface area contributed by atoms with Gasteiger partial charge >= 0.3 is 5.97 Å². The zero-order valence-electron chi connectivity index (χ0n) is 6.14. The normalized spacial score (nSPS) is 10.3. The third kappa shape index (κ3) is 0.852. The molecule has 1 N–H and O–H groups in total. The molecule has 0 saturated carbocycles. The summed E-state index contributed by atoms with van der Waals surface area (Å²) in [5.41, 5.74) is 1.01. The van der Waals surface area contributed by atoms with Crippen molar-refractivity contribution in [2.24, 2.45) is 0 Å². The Morgan fingerprint density at radius 3 is 3.08 bits per heavy atom. The van der Waals surface area contributed by atoms with Crippen molar-refractivity contribution in [2.75, 3.05) is 0 Å². The van der Waals surface area contributed by atoms with Crippen LogP contribution in [0.2, 0.25) is 0 Å². The molecule has 0 aromatic carbocycles. The molecule has 4 heteroatoms. The molecule has 0 aliphatic carbocycles. The second kappa shape index (κ2) is 2.34. The predicted octanol–water partition coefficient (Wildman–Crippen LogP) is 1.03. The zero-order valence-corrected chi connectivity index (χ0v) is 6.14. The molecule has 0 aliphatic heterocycles. The van der Waals surface area contributed by atoms with Crippen molar-refractivity contribution < 1.29 is 9.90 Å². The molecule has 2 rings (SSSR count). The summed E-state index contributed by atoms with van der Waals surface area (Å²) in [6.45, 7) is 0. The molecule has 0 bridgehead atoms. The van der Waals surface area contributed by atoms with Crippen molar-refractivity contribution in [1.29, 1.82) is 0 Å². The van der Waals surface area contributed by atoms with Crippen molar-refractivity contribution >= 4 is 11.5 Å². The Bertz CT molecular complexity index is 433. The number of hydrogen-bond acceptors (Lipinski definition) is 2. The van der Waals surface area contributed by atoms with Crippen LogP contribution in [0.1, 0.15) is 10.5 Å². The van der Waals surface area contributed by atoms with Gasteiger partial charge in [-0.05, 0) is 12.1 Å². The SMILES string of the molecule is O=C(O)c1cccc2cncn12. The quantitative estimate of drug-likeness (QED) is 0.681. The standard InChI is InChI=1S/C8H6N2O2/c11-8(12)7-3-1-2-6-4-9-5-10(6)7/h1-5H,(H,11,12). The van der Waals surface area contributed by atoms with E-state index in [1.165, 1.54) is 16.8 Å². The lowest BCUT2D eigenvalue weighted by molar-refractivity contribution is 0.0689. The number of pyridine rings is 1. The Hall–Kier alpha value is -1.84. The molecule has 0 atom stereocenters. The van der Waals surface area contributed by atoms with Gasteiger partial charge in [0.1, 0.15) is 5.69 Å². The first-order valence-electron chi connectivity index (χ1n) is 3.43. The lowest BCUT2D eigenvalue weighted by atomic mass is 10.3. The fourth-order valence-electron chi connectivity index (χ4n) is 1.12. The minimum absolute atomic E-state index is 0.227. The van der Waals surface area contributed by atoms with Crippen LogP contribution >= 0.6 is 0 Å². The molecule has 12 heavy (non-hydrogen) atoms. The molecular weight excluding hydrogens is 156 g/mol. The Labute approximate surface area is 68.1 Å². The van der Waals surface area contributed by atoms with Gasteiger partial charge in [-0.3, -0.25) is 4.40 Å². The van der Waals surface area contributed by atoms with Crippen LogP contribution < -0.4 is 0 Å². The Kier molecular flexibility index (Phi) is 1.33. The minimum Gasteiger partial charge on any atom is -0.477 e. The molecular formula is C8H6N2O2. The van der Waals surface area contributed by atoms with E-state index in [4.69, 9.17) is 5.11 Å². The summed E-state index contributed by atoms with van der Waals surface area (Å²) in [6, 6.07) is 5.04. The van der Waals surface area contributed by atoms with Gasteiger partial charge < -0.3 is 5.11 Å². The van der Waals surface area contributed by atoms with E-state index in [2.05, 4.69) is 4.98 Å². The van der Waals surface area contributed by atoms with Crippen LogP contribution in [0, 0.1) is 0 Å². The Balaban J connectivity index is 2.82. The van der Waals surface area contributed by atoms with Gasteiger partial charge in [-0.25, -0.2) is 9.78 Å². The van der Waals surface area contributed by atoms with Gasteiger partial charge in [0.25, 0.3) is 0 Å². The van der Waals surface area contributed by atoms with E-state index in [-0.39, 0.29) is 5.69 Å². The first-order chi connectivity index (χ1) is 5.79. The monoisotopic (exact) mass is 162 g/mol. The van der Waals surface area contributed by atoms with Crippen molar-refractivity contribution in [3.05, 3.63) is 36.4 Å². The summed E-state index contributed by atoms with van der Waals surface area (Å²) in [5, 5.41) is 8.75. The fourth-order valence-corrected chi connectivity index (χ4v) is 1.12. The molecule has 2 aromatic heterocycles. The molecule has 2 aromatic rings. The van der Waals surface area contributed by atoms with Crippen LogP contribution in [0.15, 0.2) is 30.7 Å². The van der Waals surface area contributed by atoms with Crippen LogP contribution in [0.4, 0.5) is 0 Å². The molecule has 2 heterocycles. The number of fused-ring (bicyclic) bond motifs is 1. The first-order valence-corrected chi connectivity index (χ1v) is 3.43. The smallest absolute Gasteiger partial charge is 0.352 e. The van der Waals surface area contributed by atoms with E-state index in [1.807, 2.05) is 0 Å². The van der Waals surface area contributed by atoms with Gasteiger partial charge in [-0.15, -0.1) is 0 Å². The Morgan fingerprint density at radius 2 is 2.33 bits per heavy atom. The zero-order chi connectivity index (χ0) is 8.55. The molecule has 0 unspecified atom stereocenters. The number of carboxylic acids is 1. The van der Waals surface area contributed by atoms with E-state index in [9.17, 15) is 4.79 Å². The van der Waals surface area contributed by atoms with Crippen LogP contribution in [0.25, 0.3) is 5.52 Å². The average Bonchev–Trinajstić information content (AvgIpc) is 2.49. The molecule has 0 radical (unpaired) electrons. The molecule has 0 amide bonds. The first kappa shape index (κ1) is 6.84. The number of carbonyl (C=O) groups is 1. The van der Waals surface area contributed by atoms with E-state index in [0.717, 1.165) is 5.52 Å². The predicted molar refractivity (Wildman–Crippen MR) is 42.2 cm³/mol. The van der Waals surface area contributed by atoms with Gasteiger partial charge in [0, 0.05) is 0 Å². The molecule has 0 saturated heterocycles. The van der Waals surface area contributed by atoms with Gasteiger partial charge in [0.2, 0.25) is 0 Å². The number of rotatable bonds is 1. The Morgan fingerprint density at radius 1 is 1.50 bits per heavy atom. The molecule has 0 fully saturated rings. The van der Waals surface area contributed by atoms with Gasteiger partial charge in [0.05, 0.1) is 18.0 Å². The van der Waals surface area contributed by atoms with E-state index in [1.54, 1.807) is 18.3 Å². The highest BCUT2D eigenvalue weighted by Gasteiger charge is 2.05. The maximum Gasteiger partial charge on any atom is 0.352 e. The topological polar surface area (TPSA) is 54.6 Å². The van der Waals surface area contributed by atoms with Crippen molar-refractivity contribution in [2.45, 2.75) is 0 Å². The summed E-state index contributed by atoms with van der Waals surface area (Å²) in [6.07, 6.45) is 3.10. The van der Waals surface area contributed by atoms with Gasteiger partial charge in [0.15, 0.2) is 0 Å². The lowest BCUT2D eigenvalue weighted by Crippen LogP contribution is -2.03. The van der Waals surface area contributed by atoms with Gasteiger partial charge in [-0.1, -0.05) is 6.07 Å². The number of nitrogens with zero attached hydrogens (tertiary/aromatic N) is 2. The summed E-state index contributed by atoms with van der Waals surface area (Å²) >= 11 is 0. The summed E-state index contributed by atoms with van der Waals surface area (Å²) in [5.74, 6) is -0.946. The molecule has 0 spiro atoms. The largest absolute Gasteiger partial charge is 0.477 e. The maximum absolute atomic E-state index is 10.7. The minimum atomic E-state index is -0.946. The summed E-state index contributed by atoms with van der Waals surface area (Å²) < 4.78 is 1.53. The van der Waals surface area contributed by atoms with Crippen molar-refractivity contribution in [3.63, 3.8) is 0 Å². The third-order valence-electron chi connectivity index (χ3n) is 1.67. The lowest BCUT2D eigenvalue weighted by Gasteiger charge is -1.97. The van der Waals surface area contributed by atoms with Crippen molar-refractivity contribution in [1.82, 2.24) is 9.38 Å². The van der Waals surface area contributed by atoms with Crippen LogP contribution in [0.3, 0.4) is 0 Å². The van der Waals surface area contributed by atoms with E-state index < -0.39 is 5.97 Å². The number of aromatic nitrogens is 2. The highest BCUT2D eigenvalue weighted by atomic mass is 16.4. The highest BCUT2D eigenvalue weighted by molar-refractivity contribution is 5.86.